The monoisotopic (exact) mass is 441 g/mol. The molecule has 152 valence electrons. The van der Waals surface area contributed by atoms with E-state index in [2.05, 4.69) is 25.8 Å². The van der Waals surface area contributed by atoms with Gasteiger partial charge in [0.05, 0.1) is 28.7 Å². The summed E-state index contributed by atoms with van der Waals surface area (Å²) in [7, 11) is 0. The van der Waals surface area contributed by atoms with Gasteiger partial charge in [-0.1, -0.05) is 6.07 Å². The van der Waals surface area contributed by atoms with Crippen LogP contribution in [0.4, 0.5) is 5.69 Å². The van der Waals surface area contributed by atoms with Gasteiger partial charge in [0.1, 0.15) is 9.88 Å². The highest BCUT2D eigenvalue weighted by Crippen LogP contribution is 2.29. The highest BCUT2D eigenvalue weighted by molar-refractivity contribution is 7.17. The maximum absolute atomic E-state index is 12.5. The lowest BCUT2D eigenvalue weighted by Crippen LogP contribution is -2.33. The van der Waals surface area contributed by atoms with Crippen LogP contribution in [0.2, 0.25) is 0 Å². The quantitative estimate of drug-likeness (QED) is 0.376. The first-order valence-corrected chi connectivity index (χ1v) is 10.5. The van der Waals surface area contributed by atoms with Gasteiger partial charge in [-0.05, 0) is 30.5 Å². The fourth-order valence-electron chi connectivity index (χ4n) is 2.89. The molecule has 1 aromatic carbocycles. The van der Waals surface area contributed by atoms with E-state index in [1.165, 1.54) is 23.5 Å². The molecule has 0 bridgehead atoms. The average Bonchev–Trinajstić information content (AvgIpc) is 3.39. The van der Waals surface area contributed by atoms with Gasteiger partial charge in [0.25, 0.3) is 17.0 Å². The van der Waals surface area contributed by atoms with Gasteiger partial charge < -0.3 is 10.6 Å². The van der Waals surface area contributed by atoms with Gasteiger partial charge in [-0.2, -0.15) is 11.3 Å². The molecule has 0 radical (unpaired) electrons. The molecule has 4 aromatic rings. The van der Waals surface area contributed by atoms with Gasteiger partial charge in [-0.3, -0.25) is 29.4 Å². The van der Waals surface area contributed by atoms with Crippen LogP contribution in [-0.2, 0) is 4.79 Å². The number of benzene rings is 1. The van der Waals surface area contributed by atoms with Gasteiger partial charge in [-0.25, -0.2) is 4.98 Å². The number of fused-ring (bicyclic) bond motifs is 1. The number of aromatic amines is 2. The van der Waals surface area contributed by atoms with Crippen LogP contribution in [0.3, 0.4) is 0 Å². The highest BCUT2D eigenvalue weighted by atomic mass is 32.1. The first-order chi connectivity index (χ1) is 14.4. The summed E-state index contributed by atoms with van der Waals surface area (Å²) < 4.78 is 0. The van der Waals surface area contributed by atoms with Crippen molar-refractivity contribution in [1.82, 2.24) is 20.5 Å². The van der Waals surface area contributed by atoms with Crippen molar-refractivity contribution < 1.29 is 9.59 Å². The Morgan fingerprint density at radius 3 is 2.70 bits per heavy atom. The molecule has 0 fully saturated rings. The van der Waals surface area contributed by atoms with E-state index < -0.39 is 22.9 Å². The molecule has 0 unspecified atom stereocenters. The molecule has 11 heteroatoms. The van der Waals surface area contributed by atoms with Crippen molar-refractivity contribution in [2.24, 2.45) is 0 Å². The summed E-state index contributed by atoms with van der Waals surface area (Å²) in [5, 5.41) is 14.4. The predicted octanol–water partition coefficient (Wildman–Crippen LogP) is 2.08. The van der Waals surface area contributed by atoms with E-state index in [4.69, 9.17) is 0 Å². The van der Waals surface area contributed by atoms with Crippen LogP contribution in [0.25, 0.3) is 21.3 Å². The van der Waals surface area contributed by atoms with Crippen LogP contribution < -0.4 is 21.8 Å². The van der Waals surface area contributed by atoms with Crippen molar-refractivity contribution in [2.75, 3.05) is 11.9 Å². The van der Waals surface area contributed by atoms with E-state index in [1.807, 2.05) is 16.8 Å². The van der Waals surface area contributed by atoms with Gasteiger partial charge in [0.15, 0.2) is 0 Å². The Hall–Kier alpha value is -3.57. The normalized spacial score (nSPS) is 10.8. The second-order valence-corrected chi connectivity index (χ2v) is 8.09. The van der Waals surface area contributed by atoms with Gasteiger partial charge in [-0.15, -0.1) is 11.3 Å². The lowest BCUT2D eigenvalue weighted by Gasteiger charge is -2.08. The maximum atomic E-state index is 12.5. The molecule has 0 saturated heterocycles. The van der Waals surface area contributed by atoms with Crippen LogP contribution in [0.1, 0.15) is 15.4 Å². The summed E-state index contributed by atoms with van der Waals surface area (Å²) in [6, 6.07) is 6.47. The molecule has 4 rings (SSSR count). The standard InChI is InChI=1S/C19H15N5O4S2/c1-9-15(30-19(21-9)10-5-6-29-8-10)18(28)20-7-13(25)22-12-4-2-3-11-14(12)17(27)24-23-16(11)26/h2-6,8H,7H2,1H3,(H,20,28)(H,22,25)(H,23,26)(H,24,27). The molecule has 30 heavy (non-hydrogen) atoms. The minimum absolute atomic E-state index is 0.0691. The van der Waals surface area contributed by atoms with Gasteiger partial charge in [0.2, 0.25) is 5.91 Å². The van der Waals surface area contributed by atoms with E-state index >= 15 is 0 Å². The maximum Gasteiger partial charge on any atom is 0.272 e. The number of hydrogen-bond donors (Lipinski definition) is 4. The zero-order chi connectivity index (χ0) is 21.3. The molecule has 9 nitrogen and oxygen atoms in total. The minimum Gasteiger partial charge on any atom is -0.342 e. The fraction of sp³-hybridized carbons (Fsp3) is 0.105. The van der Waals surface area contributed by atoms with Crippen molar-refractivity contribution in [3.63, 3.8) is 0 Å². The van der Waals surface area contributed by atoms with Crippen LogP contribution in [0.5, 0.6) is 0 Å². The van der Waals surface area contributed by atoms with E-state index in [9.17, 15) is 19.2 Å². The number of nitrogens with zero attached hydrogens (tertiary/aromatic N) is 1. The third-order valence-corrected chi connectivity index (χ3v) is 6.17. The molecule has 2 amide bonds. The topological polar surface area (TPSA) is 137 Å². The largest absolute Gasteiger partial charge is 0.342 e. The SMILES string of the molecule is Cc1nc(-c2ccsc2)sc1C(=O)NCC(=O)Nc1cccc2c(=O)[nH][nH]c(=O)c12. The van der Waals surface area contributed by atoms with E-state index in [1.54, 1.807) is 24.3 Å². The molecule has 0 aliphatic rings. The number of thiazole rings is 1. The molecule has 0 aliphatic carbocycles. The lowest BCUT2D eigenvalue weighted by atomic mass is 10.1. The summed E-state index contributed by atoms with van der Waals surface area (Å²) in [4.78, 5) is 53.6. The first kappa shape index (κ1) is 19.7. The molecular weight excluding hydrogens is 426 g/mol. The summed E-state index contributed by atoms with van der Waals surface area (Å²) in [6.45, 7) is 1.43. The van der Waals surface area contributed by atoms with Gasteiger partial charge in [0, 0.05) is 10.9 Å². The van der Waals surface area contributed by atoms with Crippen LogP contribution in [0.15, 0.2) is 44.6 Å². The number of carbonyl (C=O) groups is 2. The second kappa shape index (κ2) is 8.05. The lowest BCUT2D eigenvalue weighted by molar-refractivity contribution is -0.115. The molecule has 0 spiro atoms. The summed E-state index contributed by atoms with van der Waals surface area (Å²) in [5.41, 5.74) is 0.703. The number of thiophene rings is 1. The predicted molar refractivity (Wildman–Crippen MR) is 116 cm³/mol. The van der Waals surface area contributed by atoms with Gasteiger partial charge >= 0.3 is 0 Å². The van der Waals surface area contributed by atoms with Crippen LogP contribution in [0, 0.1) is 6.92 Å². The number of anilines is 1. The van der Waals surface area contributed by atoms with Crippen LogP contribution in [-0.4, -0.2) is 33.5 Å². The Morgan fingerprint density at radius 2 is 1.93 bits per heavy atom. The van der Waals surface area contributed by atoms with E-state index in [-0.39, 0.29) is 23.0 Å². The Bertz CT molecular complexity index is 1370. The van der Waals surface area contributed by atoms with Crippen molar-refractivity contribution in [3.8, 4) is 10.6 Å². The number of amides is 2. The van der Waals surface area contributed by atoms with Crippen molar-refractivity contribution in [1.29, 1.82) is 0 Å². The smallest absolute Gasteiger partial charge is 0.272 e. The number of nitrogens with one attached hydrogen (secondary N) is 4. The molecule has 3 heterocycles. The number of hydrogen-bond acceptors (Lipinski definition) is 7. The zero-order valence-electron chi connectivity index (χ0n) is 15.6. The Kier molecular flexibility index (Phi) is 5.29. The van der Waals surface area contributed by atoms with Crippen molar-refractivity contribution in [3.05, 3.63) is 66.3 Å². The third-order valence-electron chi connectivity index (χ3n) is 4.28. The van der Waals surface area contributed by atoms with E-state index in [0.717, 1.165) is 10.6 Å². The average molecular weight is 441 g/mol. The highest BCUT2D eigenvalue weighted by Gasteiger charge is 2.18. The molecular formula is C19H15N5O4S2. The number of aryl methyl sites for hydroxylation is 1. The summed E-state index contributed by atoms with van der Waals surface area (Å²) in [5.74, 6) is -0.940. The van der Waals surface area contributed by atoms with Crippen molar-refractivity contribution >= 4 is 50.9 Å². The summed E-state index contributed by atoms with van der Waals surface area (Å²) in [6.07, 6.45) is 0. The third kappa shape index (κ3) is 3.80. The van der Waals surface area contributed by atoms with Crippen LogP contribution >= 0.6 is 22.7 Å². The molecule has 4 N–H and O–H groups in total. The minimum atomic E-state index is -0.536. The number of aromatic nitrogens is 3. The number of rotatable bonds is 5. The molecule has 0 aliphatic heterocycles. The second-order valence-electron chi connectivity index (χ2n) is 6.31. The van der Waals surface area contributed by atoms with E-state index in [0.29, 0.717) is 10.6 Å². The zero-order valence-corrected chi connectivity index (χ0v) is 17.2. The first-order valence-electron chi connectivity index (χ1n) is 8.76. The fourth-order valence-corrected chi connectivity index (χ4v) is 4.58. The van der Waals surface area contributed by atoms with Crippen molar-refractivity contribution in [2.45, 2.75) is 6.92 Å². The number of carbonyl (C=O) groups excluding carboxylic acids is 2. The Labute approximate surface area is 176 Å². The summed E-state index contributed by atoms with van der Waals surface area (Å²) >= 11 is 2.80. The molecule has 3 aromatic heterocycles. The number of H-pyrrole nitrogens is 2. The Balaban J connectivity index is 1.47. The molecule has 0 saturated carbocycles. The molecule has 0 atom stereocenters. The Morgan fingerprint density at radius 1 is 1.13 bits per heavy atom.